The molecule has 5 nitrogen and oxygen atoms in total. The summed E-state index contributed by atoms with van der Waals surface area (Å²) in [4.78, 5) is 14.9. The number of aromatic nitrogens is 1. The van der Waals surface area contributed by atoms with Crippen molar-refractivity contribution in [2.75, 3.05) is 7.11 Å². The predicted octanol–water partition coefficient (Wildman–Crippen LogP) is 1.24. The number of esters is 1. The first-order valence-corrected chi connectivity index (χ1v) is 3.99. The van der Waals surface area contributed by atoms with E-state index in [1.807, 2.05) is 0 Å². The molecule has 0 saturated heterocycles. The Hall–Kier alpha value is -1.62. The van der Waals surface area contributed by atoms with Gasteiger partial charge in [-0.05, 0) is 12.1 Å². The third-order valence-corrected chi connectivity index (χ3v) is 1.75. The lowest BCUT2D eigenvalue weighted by atomic mass is 10.2. The summed E-state index contributed by atoms with van der Waals surface area (Å²) in [7, 11) is 1.27. The van der Waals surface area contributed by atoms with Crippen LogP contribution in [0.3, 0.4) is 0 Å². The van der Waals surface area contributed by atoms with Gasteiger partial charge in [-0.1, -0.05) is 16.8 Å². The number of methoxy groups -OCH3 is 1. The first-order chi connectivity index (χ1) is 6.69. The molecule has 1 rings (SSSR count). The molecule has 0 bridgehead atoms. The number of nitrogens with zero attached hydrogens (tertiary/aromatic N) is 2. The van der Waals surface area contributed by atoms with E-state index in [0.717, 1.165) is 0 Å². The average Bonchev–Trinajstić information content (AvgIpc) is 2.27. The lowest BCUT2D eigenvalue weighted by molar-refractivity contribution is 0.0600. The van der Waals surface area contributed by atoms with Gasteiger partial charge in [0.05, 0.1) is 12.7 Å². The molecule has 0 unspecified atom stereocenters. The number of carbonyl (C=O) groups is 1. The first-order valence-electron chi connectivity index (χ1n) is 3.61. The second-order valence-electron chi connectivity index (χ2n) is 2.31. The van der Waals surface area contributed by atoms with Gasteiger partial charge in [-0.2, -0.15) is 0 Å². The van der Waals surface area contributed by atoms with Gasteiger partial charge < -0.3 is 9.94 Å². The Morgan fingerprint density at radius 1 is 1.71 bits per heavy atom. The third kappa shape index (κ3) is 2.20. The minimum Gasteiger partial charge on any atom is -0.465 e. The standard InChI is InChI=1S/C8H7ClN2O3/c1-14-8(12)5-2-3-10-6(4-5)7(9)11-13/h2-4,13H,1H3/b11-7-. The minimum absolute atomic E-state index is 0.184. The molecule has 0 fully saturated rings. The molecule has 0 amide bonds. The number of pyridine rings is 1. The van der Waals surface area contributed by atoms with E-state index in [9.17, 15) is 4.79 Å². The van der Waals surface area contributed by atoms with E-state index in [1.165, 1.54) is 25.4 Å². The average molecular weight is 215 g/mol. The van der Waals surface area contributed by atoms with Gasteiger partial charge >= 0.3 is 5.97 Å². The second kappa shape index (κ2) is 4.57. The molecule has 1 N–H and O–H groups in total. The van der Waals surface area contributed by atoms with E-state index in [4.69, 9.17) is 16.8 Å². The molecule has 1 aromatic heterocycles. The molecule has 1 heterocycles. The fraction of sp³-hybridized carbons (Fsp3) is 0.125. The molecule has 0 aliphatic rings. The summed E-state index contributed by atoms with van der Waals surface area (Å²) in [5.74, 6) is -0.504. The molecule has 14 heavy (non-hydrogen) atoms. The largest absolute Gasteiger partial charge is 0.465 e. The fourth-order valence-corrected chi connectivity index (χ4v) is 0.943. The van der Waals surface area contributed by atoms with Crippen LogP contribution in [0.1, 0.15) is 16.1 Å². The van der Waals surface area contributed by atoms with Crippen molar-refractivity contribution in [3.63, 3.8) is 0 Å². The summed E-state index contributed by atoms with van der Waals surface area (Å²) in [6, 6.07) is 2.84. The third-order valence-electron chi connectivity index (χ3n) is 1.48. The smallest absolute Gasteiger partial charge is 0.337 e. The zero-order valence-corrected chi connectivity index (χ0v) is 8.02. The van der Waals surface area contributed by atoms with Gasteiger partial charge in [0.25, 0.3) is 0 Å². The van der Waals surface area contributed by atoms with E-state index >= 15 is 0 Å². The van der Waals surface area contributed by atoms with Crippen LogP contribution in [0.2, 0.25) is 0 Å². The summed E-state index contributed by atoms with van der Waals surface area (Å²) in [6.07, 6.45) is 1.37. The summed E-state index contributed by atoms with van der Waals surface area (Å²) in [5.41, 5.74) is 0.497. The topological polar surface area (TPSA) is 71.8 Å². The lowest BCUT2D eigenvalue weighted by Crippen LogP contribution is -2.04. The monoisotopic (exact) mass is 214 g/mol. The highest BCUT2D eigenvalue weighted by molar-refractivity contribution is 6.69. The second-order valence-corrected chi connectivity index (χ2v) is 2.67. The highest BCUT2D eigenvalue weighted by Crippen LogP contribution is 2.06. The van der Waals surface area contributed by atoms with Crippen molar-refractivity contribution >= 4 is 22.7 Å². The van der Waals surface area contributed by atoms with Gasteiger partial charge in [0.15, 0.2) is 5.17 Å². The summed E-state index contributed by atoms with van der Waals surface area (Å²) >= 11 is 5.50. The van der Waals surface area contributed by atoms with Crippen molar-refractivity contribution in [1.29, 1.82) is 0 Å². The maximum Gasteiger partial charge on any atom is 0.337 e. The first kappa shape index (κ1) is 10.5. The Morgan fingerprint density at radius 3 is 3.00 bits per heavy atom. The fourth-order valence-electron chi connectivity index (χ4n) is 0.839. The highest BCUT2D eigenvalue weighted by atomic mass is 35.5. The molecule has 0 aliphatic carbocycles. The van der Waals surface area contributed by atoms with Crippen LogP contribution in [-0.4, -0.2) is 28.4 Å². The molecule has 0 spiro atoms. The van der Waals surface area contributed by atoms with Crippen LogP contribution in [0, 0.1) is 0 Å². The Balaban J connectivity index is 3.07. The van der Waals surface area contributed by atoms with Crippen LogP contribution in [0.25, 0.3) is 0 Å². The van der Waals surface area contributed by atoms with E-state index in [1.54, 1.807) is 0 Å². The van der Waals surface area contributed by atoms with E-state index in [-0.39, 0.29) is 10.9 Å². The van der Waals surface area contributed by atoms with Crippen molar-refractivity contribution in [3.8, 4) is 0 Å². The summed E-state index contributed by atoms with van der Waals surface area (Å²) < 4.78 is 4.49. The van der Waals surface area contributed by atoms with Crippen molar-refractivity contribution in [1.82, 2.24) is 4.98 Å². The predicted molar refractivity (Wildman–Crippen MR) is 49.8 cm³/mol. The van der Waals surface area contributed by atoms with E-state index < -0.39 is 5.97 Å². The van der Waals surface area contributed by atoms with Crippen molar-refractivity contribution in [3.05, 3.63) is 29.6 Å². The molecule has 0 aromatic carbocycles. The number of ether oxygens (including phenoxy) is 1. The summed E-state index contributed by atoms with van der Waals surface area (Å²) in [6.45, 7) is 0. The molecule has 0 radical (unpaired) electrons. The van der Waals surface area contributed by atoms with Gasteiger partial charge in [-0.3, -0.25) is 4.98 Å². The molecule has 6 heteroatoms. The van der Waals surface area contributed by atoms with Gasteiger partial charge in [-0.25, -0.2) is 4.79 Å². The maximum absolute atomic E-state index is 11.1. The summed E-state index contributed by atoms with van der Waals surface area (Å²) in [5, 5.41) is 10.9. The molecule has 0 atom stereocenters. The van der Waals surface area contributed by atoms with Gasteiger partial charge in [-0.15, -0.1) is 0 Å². The van der Waals surface area contributed by atoms with Crippen molar-refractivity contribution < 1.29 is 14.7 Å². The van der Waals surface area contributed by atoms with Crippen molar-refractivity contribution in [2.45, 2.75) is 0 Å². The zero-order valence-electron chi connectivity index (χ0n) is 7.27. The minimum atomic E-state index is -0.504. The SMILES string of the molecule is COC(=O)c1ccnc(/C(Cl)=N/O)c1. The Kier molecular flexibility index (Phi) is 3.41. The number of hydrogen-bond acceptors (Lipinski definition) is 5. The van der Waals surface area contributed by atoms with Crippen LogP contribution in [0.4, 0.5) is 0 Å². The van der Waals surface area contributed by atoms with Gasteiger partial charge in [0.2, 0.25) is 0 Å². The molecule has 74 valence electrons. The maximum atomic E-state index is 11.1. The Morgan fingerprint density at radius 2 is 2.43 bits per heavy atom. The number of rotatable bonds is 2. The van der Waals surface area contributed by atoms with Gasteiger partial charge in [0.1, 0.15) is 5.69 Å². The van der Waals surface area contributed by atoms with Crippen LogP contribution < -0.4 is 0 Å². The van der Waals surface area contributed by atoms with E-state index in [0.29, 0.717) is 5.56 Å². The van der Waals surface area contributed by atoms with Crippen LogP contribution >= 0.6 is 11.6 Å². The molecular formula is C8H7ClN2O3. The van der Waals surface area contributed by atoms with Crippen LogP contribution in [0.5, 0.6) is 0 Å². The van der Waals surface area contributed by atoms with Crippen LogP contribution in [-0.2, 0) is 4.74 Å². The van der Waals surface area contributed by atoms with E-state index in [2.05, 4.69) is 14.9 Å². The lowest BCUT2D eigenvalue weighted by Gasteiger charge is -2.00. The molecule has 0 aliphatic heterocycles. The molecular weight excluding hydrogens is 208 g/mol. The number of carbonyl (C=O) groups excluding carboxylic acids is 1. The number of hydrogen-bond donors (Lipinski definition) is 1. The normalized spacial score (nSPS) is 11.1. The quantitative estimate of drug-likeness (QED) is 0.348. The zero-order chi connectivity index (χ0) is 10.6. The van der Waals surface area contributed by atoms with Gasteiger partial charge in [0, 0.05) is 6.20 Å². The van der Waals surface area contributed by atoms with Crippen LogP contribution in [0.15, 0.2) is 23.5 Å². The highest BCUT2D eigenvalue weighted by Gasteiger charge is 2.08. The number of halogens is 1. The Labute approximate surface area is 85.0 Å². The number of oxime groups is 1. The van der Waals surface area contributed by atoms with Crippen molar-refractivity contribution in [2.24, 2.45) is 5.16 Å². The molecule has 1 aromatic rings. The molecule has 0 saturated carbocycles. The Bertz CT molecular complexity index is 379.